The molecule has 0 amide bonds. The maximum atomic E-state index is 12.1. The fourth-order valence-electron chi connectivity index (χ4n) is 4.54. The molecular formula is C27H28O9. The van der Waals surface area contributed by atoms with E-state index in [1.165, 1.54) is 20.8 Å². The maximum Gasteiger partial charge on any atom is 0.305 e. The Bertz CT molecular complexity index is 1130. The van der Waals surface area contributed by atoms with E-state index in [2.05, 4.69) is 6.58 Å². The molecule has 4 rings (SSSR count). The zero-order valence-electron chi connectivity index (χ0n) is 20.5. The van der Waals surface area contributed by atoms with Crippen LogP contribution in [0.1, 0.15) is 44.9 Å². The lowest BCUT2D eigenvalue weighted by atomic mass is 10.0. The van der Waals surface area contributed by atoms with Gasteiger partial charge in [0.25, 0.3) is 0 Å². The first kappa shape index (κ1) is 25.4. The highest BCUT2D eigenvalue weighted by molar-refractivity contribution is 5.78. The van der Waals surface area contributed by atoms with Gasteiger partial charge in [0.15, 0.2) is 12.2 Å². The van der Waals surface area contributed by atoms with E-state index in [1.807, 2.05) is 48.5 Å². The summed E-state index contributed by atoms with van der Waals surface area (Å²) in [7, 11) is 0. The fraction of sp³-hybridized carbons (Fsp3) is 0.370. The Kier molecular flexibility index (Phi) is 7.42. The summed E-state index contributed by atoms with van der Waals surface area (Å²) in [5.41, 5.74) is 3.76. The minimum Gasteiger partial charge on any atom is -0.485 e. The van der Waals surface area contributed by atoms with E-state index in [9.17, 15) is 14.4 Å². The smallest absolute Gasteiger partial charge is 0.305 e. The number of carbonyl (C=O) groups excluding carboxylic acids is 3. The SMILES string of the molecule is C=C(C)O[C@@H]1[C@@H](OC(C)=O)O[C@@H](OC2c3ccccc3-c3ccccc32)[C@H](OC(C)=O)[C@H]1OC(C)=O. The van der Waals surface area contributed by atoms with Crippen molar-refractivity contribution in [3.05, 3.63) is 72.0 Å². The number of hydrogen-bond acceptors (Lipinski definition) is 9. The zero-order chi connectivity index (χ0) is 26.0. The van der Waals surface area contributed by atoms with Crippen molar-refractivity contribution in [2.24, 2.45) is 0 Å². The van der Waals surface area contributed by atoms with Crippen LogP contribution in [-0.2, 0) is 42.8 Å². The van der Waals surface area contributed by atoms with Crippen LogP contribution in [0.2, 0.25) is 0 Å². The topological polar surface area (TPSA) is 107 Å². The van der Waals surface area contributed by atoms with E-state index in [0.29, 0.717) is 0 Å². The Morgan fingerprint density at radius 2 is 1.14 bits per heavy atom. The lowest BCUT2D eigenvalue weighted by molar-refractivity contribution is -0.350. The molecule has 190 valence electrons. The third-order valence-corrected chi connectivity index (χ3v) is 5.72. The van der Waals surface area contributed by atoms with Crippen molar-refractivity contribution in [2.75, 3.05) is 0 Å². The summed E-state index contributed by atoms with van der Waals surface area (Å²) in [6, 6.07) is 15.5. The van der Waals surface area contributed by atoms with E-state index in [0.717, 1.165) is 22.3 Å². The molecule has 36 heavy (non-hydrogen) atoms. The summed E-state index contributed by atoms with van der Waals surface area (Å²) in [6.07, 6.45) is -6.83. The normalized spacial score (nSPS) is 24.7. The molecule has 1 heterocycles. The molecule has 2 aromatic carbocycles. The number of rotatable bonds is 7. The predicted octanol–water partition coefficient (Wildman–Crippen LogP) is 3.80. The Balaban J connectivity index is 1.76. The summed E-state index contributed by atoms with van der Waals surface area (Å²) in [5.74, 6) is -1.72. The molecule has 1 aliphatic heterocycles. The van der Waals surface area contributed by atoms with Gasteiger partial charge in [-0.25, -0.2) is 0 Å². The lowest BCUT2D eigenvalue weighted by Gasteiger charge is -2.44. The Morgan fingerprint density at radius 1 is 0.667 bits per heavy atom. The highest BCUT2D eigenvalue weighted by Crippen LogP contribution is 2.46. The molecule has 1 aliphatic carbocycles. The molecule has 9 heteroatoms. The third-order valence-electron chi connectivity index (χ3n) is 5.72. The van der Waals surface area contributed by atoms with Gasteiger partial charge in [-0.15, -0.1) is 0 Å². The second kappa shape index (κ2) is 10.5. The van der Waals surface area contributed by atoms with Crippen LogP contribution in [0.25, 0.3) is 11.1 Å². The molecule has 5 atom stereocenters. The van der Waals surface area contributed by atoms with Gasteiger partial charge >= 0.3 is 17.9 Å². The van der Waals surface area contributed by atoms with Crippen molar-refractivity contribution < 1.29 is 42.8 Å². The van der Waals surface area contributed by atoms with Crippen LogP contribution >= 0.6 is 0 Å². The molecular weight excluding hydrogens is 468 g/mol. The molecule has 0 spiro atoms. The van der Waals surface area contributed by atoms with Crippen LogP contribution in [0.15, 0.2) is 60.9 Å². The van der Waals surface area contributed by atoms with Crippen molar-refractivity contribution >= 4 is 17.9 Å². The summed E-state index contributed by atoms with van der Waals surface area (Å²) in [5, 5.41) is 0. The number of allylic oxidation sites excluding steroid dienone is 1. The van der Waals surface area contributed by atoms with Gasteiger partial charge in [-0.2, -0.15) is 0 Å². The summed E-state index contributed by atoms with van der Waals surface area (Å²) in [4.78, 5) is 36.0. The molecule has 0 bridgehead atoms. The van der Waals surface area contributed by atoms with Crippen LogP contribution in [0.4, 0.5) is 0 Å². The summed E-state index contributed by atoms with van der Waals surface area (Å²) >= 11 is 0. The molecule has 0 aromatic heterocycles. The van der Waals surface area contributed by atoms with Crippen molar-refractivity contribution in [1.82, 2.24) is 0 Å². The first-order valence-corrected chi connectivity index (χ1v) is 11.5. The van der Waals surface area contributed by atoms with Gasteiger partial charge in [0.05, 0.1) is 5.76 Å². The zero-order valence-corrected chi connectivity index (χ0v) is 20.5. The predicted molar refractivity (Wildman–Crippen MR) is 126 cm³/mol. The second-order valence-electron chi connectivity index (χ2n) is 8.61. The molecule has 9 nitrogen and oxygen atoms in total. The molecule has 0 N–H and O–H groups in total. The summed E-state index contributed by atoms with van der Waals surface area (Å²) in [6.45, 7) is 8.92. The van der Waals surface area contributed by atoms with Gasteiger partial charge in [-0.1, -0.05) is 55.1 Å². The van der Waals surface area contributed by atoms with Crippen molar-refractivity contribution in [1.29, 1.82) is 0 Å². The van der Waals surface area contributed by atoms with Crippen LogP contribution < -0.4 is 0 Å². The fourth-order valence-corrected chi connectivity index (χ4v) is 4.54. The molecule has 0 radical (unpaired) electrons. The molecule has 1 saturated heterocycles. The quantitative estimate of drug-likeness (QED) is 0.321. The first-order valence-electron chi connectivity index (χ1n) is 11.5. The minimum atomic E-state index is -1.34. The van der Waals surface area contributed by atoms with Gasteiger partial charge in [-0.3, -0.25) is 14.4 Å². The third kappa shape index (κ3) is 5.27. The van der Waals surface area contributed by atoms with E-state index < -0.39 is 54.9 Å². The van der Waals surface area contributed by atoms with Gasteiger partial charge < -0.3 is 28.4 Å². The number of benzene rings is 2. The molecule has 2 aromatic rings. The van der Waals surface area contributed by atoms with E-state index in [-0.39, 0.29) is 5.76 Å². The van der Waals surface area contributed by atoms with E-state index in [1.54, 1.807) is 6.92 Å². The van der Waals surface area contributed by atoms with Gasteiger partial charge in [0.2, 0.25) is 18.7 Å². The molecule has 2 aliphatic rings. The average Bonchev–Trinajstić information content (AvgIpc) is 3.11. The minimum absolute atomic E-state index is 0.248. The van der Waals surface area contributed by atoms with Gasteiger partial charge in [0.1, 0.15) is 6.10 Å². The number of hydrogen-bond donors (Lipinski definition) is 0. The number of carbonyl (C=O) groups is 3. The molecule has 1 fully saturated rings. The van der Waals surface area contributed by atoms with Crippen molar-refractivity contribution in [2.45, 2.75) is 64.7 Å². The molecule has 0 unspecified atom stereocenters. The number of fused-ring (bicyclic) bond motifs is 3. The van der Waals surface area contributed by atoms with E-state index in [4.69, 9.17) is 28.4 Å². The first-order chi connectivity index (χ1) is 17.2. The highest BCUT2D eigenvalue weighted by atomic mass is 16.8. The Labute approximate surface area is 208 Å². The lowest BCUT2D eigenvalue weighted by Crippen LogP contribution is -2.62. The molecule has 0 saturated carbocycles. The van der Waals surface area contributed by atoms with Crippen molar-refractivity contribution in [3.8, 4) is 11.1 Å². The van der Waals surface area contributed by atoms with Crippen molar-refractivity contribution in [3.63, 3.8) is 0 Å². The standard InChI is InChI=1S/C27H28O9/c1-14(2)31-24-23(32-15(3)28)25(33-16(4)29)27(36-26(24)34-17(5)30)35-22-20-12-8-6-10-18(20)19-11-7-9-13-21(19)22/h6-13,22-27H,1H2,2-5H3/t23-,24-,25+,26-,27+/m0/s1. The van der Waals surface area contributed by atoms with Gasteiger partial charge in [-0.05, 0) is 29.2 Å². The average molecular weight is 497 g/mol. The van der Waals surface area contributed by atoms with Crippen LogP contribution in [0, 0.1) is 0 Å². The maximum absolute atomic E-state index is 12.1. The second-order valence-corrected chi connectivity index (χ2v) is 8.61. The monoisotopic (exact) mass is 496 g/mol. The number of ether oxygens (including phenoxy) is 6. The van der Waals surface area contributed by atoms with Crippen LogP contribution in [-0.4, -0.2) is 48.8 Å². The van der Waals surface area contributed by atoms with Gasteiger partial charge in [0, 0.05) is 20.8 Å². The van der Waals surface area contributed by atoms with Crippen LogP contribution in [0.5, 0.6) is 0 Å². The van der Waals surface area contributed by atoms with Crippen LogP contribution in [0.3, 0.4) is 0 Å². The largest absolute Gasteiger partial charge is 0.485 e. The Morgan fingerprint density at radius 3 is 1.64 bits per heavy atom. The number of esters is 3. The Hall–Kier alpha value is -3.69. The summed E-state index contributed by atoms with van der Waals surface area (Å²) < 4.78 is 34.7. The van der Waals surface area contributed by atoms with E-state index >= 15 is 0 Å². The highest BCUT2D eigenvalue weighted by Gasteiger charge is 2.54.